The van der Waals surface area contributed by atoms with Crippen LogP contribution in [0.2, 0.25) is 0 Å². The van der Waals surface area contributed by atoms with Crippen molar-refractivity contribution in [2.75, 3.05) is 7.11 Å². The molecule has 0 aliphatic carbocycles. The molecule has 0 atom stereocenters. The molecule has 6 heteroatoms. The molecular formula is C12H13ClN4O. The number of benzene rings is 1. The Bertz CT molecular complexity index is 592. The van der Waals surface area contributed by atoms with Gasteiger partial charge in [-0.3, -0.25) is 0 Å². The van der Waals surface area contributed by atoms with Crippen molar-refractivity contribution < 1.29 is 4.74 Å². The Balaban J connectivity index is 2.50. The van der Waals surface area contributed by atoms with Gasteiger partial charge in [0, 0.05) is 11.8 Å². The van der Waals surface area contributed by atoms with Crippen molar-refractivity contribution in [1.82, 2.24) is 9.55 Å². The number of hydrogen-bond donors (Lipinski definition) is 1. The lowest BCUT2D eigenvalue weighted by atomic mass is 10.2. The van der Waals surface area contributed by atoms with Gasteiger partial charge in [0.2, 0.25) is 0 Å². The van der Waals surface area contributed by atoms with Crippen molar-refractivity contribution in [2.24, 2.45) is 10.9 Å². The summed E-state index contributed by atoms with van der Waals surface area (Å²) in [6.45, 7) is 1.93. The van der Waals surface area contributed by atoms with Gasteiger partial charge in [-0.15, -0.1) is 0 Å². The van der Waals surface area contributed by atoms with E-state index in [4.69, 9.17) is 22.2 Å². The number of aryl methyl sites for hydroxylation is 1. The minimum absolute atomic E-state index is 0.238. The van der Waals surface area contributed by atoms with Crippen LogP contribution in [-0.2, 0) is 0 Å². The lowest BCUT2D eigenvalue weighted by molar-refractivity contribution is 0.413. The van der Waals surface area contributed by atoms with Gasteiger partial charge in [0.15, 0.2) is 5.17 Å². The van der Waals surface area contributed by atoms with Crippen LogP contribution in [-0.4, -0.2) is 21.8 Å². The number of imidazole rings is 1. The summed E-state index contributed by atoms with van der Waals surface area (Å²) in [5.41, 5.74) is 2.52. The molecule has 1 aromatic carbocycles. The highest BCUT2D eigenvalue weighted by atomic mass is 35.5. The summed E-state index contributed by atoms with van der Waals surface area (Å²) < 4.78 is 7.22. The first-order valence-electron chi connectivity index (χ1n) is 5.28. The minimum atomic E-state index is 0.238. The van der Waals surface area contributed by atoms with E-state index in [0.29, 0.717) is 11.3 Å². The van der Waals surface area contributed by atoms with E-state index in [-0.39, 0.29) is 5.17 Å². The standard InChI is InChI=1S/C12H13ClN4O/c1-8-6-17(7-15-8)10-4-3-9(12(13)16-14)5-11(10)18-2/h3-7H,14H2,1-2H3/b16-12-. The number of rotatable bonds is 3. The molecule has 0 spiro atoms. The van der Waals surface area contributed by atoms with Crippen LogP contribution < -0.4 is 10.6 Å². The van der Waals surface area contributed by atoms with Gasteiger partial charge in [-0.05, 0) is 25.1 Å². The summed E-state index contributed by atoms with van der Waals surface area (Å²) in [6.07, 6.45) is 3.64. The maximum absolute atomic E-state index is 5.87. The monoisotopic (exact) mass is 264 g/mol. The number of hydrazone groups is 1. The molecule has 0 fully saturated rings. The zero-order chi connectivity index (χ0) is 13.1. The van der Waals surface area contributed by atoms with Crippen molar-refractivity contribution >= 4 is 16.8 Å². The van der Waals surface area contributed by atoms with Gasteiger partial charge < -0.3 is 15.1 Å². The molecule has 2 aromatic rings. The Morgan fingerprint density at radius 3 is 2.83 bits per heavy atom. The van der Waals surface area contributed by atoms with Crippen LogP contribution >= 0.6 is 11.6 Å². The molecule has 5 nitrogen and oxygen atoms in total. The summed E-state index contributed by atoms with van der Waals surface area (Å²) in [6, 6.07) is 5.48. The normalized spacial score (nSPS) is 11.6. The first kappa shape index (κ1) is 12.4. The van der Waals surface area contributed by atoms with Crippen LogP contribution in [0.15, 0.2) is 35.8 Å². The average Bonchev–Trinajstić information content (AvgIpc) is 2.83. The molecule has 0 saturated heterocycles. The van der Waals surface area contributed by atoms with E-state index < -0.39 is 0 Å². The molecule has 0 bridgehead atoms. The molecule has 0 amide bonds. The van der Waals surface area contributed by atoms with Crippen LogP contribution in [0.3, 0.4) is 0 Å². The highest BCUT2D eigenvalue weighted by Gasteiger charge is 2.09. The van der Waals surface area contributed by atoms with E-state index >= 15 is 0 Å². The van der Waals surface area contributed by atoms with Gasteiger partial charge in [-0.25, -0.2) is 4.98 Å². The zero-order valence-electron chi connectivity index (χ0n) is 10.1. The molecule has 18 heavy (non-hydrogen) atoms. The molecule has 0 saturated carbocycles. The summed E-state index contributed by atoms with van der Waals surface area (Å²) >= 11 is 5.87. The lowest BCUT2D eigenvalue weighted by Crippen LogP contribution is -2.00. The van der Waals surface area contributed by atoms with Crippen LogP contribution in [0.5, 0.6) is 5.75 Å². The predicted molar refractivity (Wildman–Crippen MR) is 71.4 cm³/mol. The van der Waals surface area contributed by atoms with Crippen molar-refractivity contribution in [1.29, 1.82) is 0 Å². The Hall–Kier alpha value is -2.01. The van der Waals surface area contributed by atoms with Gasteiger partial charge in [-0.2, -0.15) is 5.10 Å². The smallest absolute Gasteiger partial charge is 0.155 e. The Kier molecular flexibility index (Phi) is 3.53. The van der Waals surface area contributed by atoms with Crippen LogP contribution in [0.25, 0.3) is 5.69 Å². The third-order valence-corrected chi connectivity index (χ3v) is 2.84. The first-order chi connectivity index (χ1) is 8.65. The summed E-state index contributed by atoms with van der Waals surface area (Å²) in [7, 11) is 1.60. The highest BCUT2D eigenvalue weighted by Crippen LogP contribution is 2.25. The van der Waals surface area contributed by atoms with E-state index in [9.17, 15) is 0 Å². The molecule has 1 aromatic heterocycles. The summed E-state index contributed by atoms with van der Waals surface area (Å²) in [4.78, 5) is 4.18. The van der Waals surface area contributed by atoms with Crippen LogP contribution in [0.4, 0.5) is 0 Å². The fourth-order valence-corrected chi connectivity index (χ4v) is 1.76. The third-order valence-electron chi connectivity index (χ3n) is 2.52. The molecule has 94 valence electrons. The van der Waals surface area contributed by atoms with Crippen LogP contribution in [0, 0.1) is 6.92 Å². The quantitative estimate of drug-likeness (QED) is 0.524. The van der Waals surface area contributed by atoms with Gasteiger partial charge >= 0.3 is 0 Å². The number of methoxy groups -OCH3 is 1. The Labute approximate surface area is 110 Å². The second kappa shape index (κ2) is 5.10. The molecule has 0 unspecified atom stereocenters. The molecule has 0 aliphatic heterocycles. The first-order valence-corrected chi connectivity index (χ1v) is 5.66. The number of hydrogen-bond acceptors (Lipinski definition) is 4. The second-order valence-corrected chi connectivity index (χ2v) is 4.09. The summed E-state index contributed by atoms with van der Waals surface area (Å²) in [5.74, 6) is 5.82. The van der Waals surface area contributed by atoms with E-state index in [1.54, 1.807) is 19.5 Å². The molecule has 0 aliphatic rings. The number of aromatic nitrogens is 2. The molecule has 0 radical (unpaired) electrons. The Morgan fingerprint density at radius 2 is 2.28 bits per heavy atom. The maximum Gasteiger partial charge on any atom is 0.155 e. The topological polar surface area (TPSA) is 65.4 Å². The summed E-state index contributed by atoms with van der Waals surface area (Å²) in [5, 5.41) is 3.69. The van der Waals surface area contributed by atoms with Gasteiger partial charge in [0.05, 0.1) is 24.8 Å². The molecular weight excluding hydrogens is 252 g/mol. The zero-order valence-corrected chi connectivity index (χ0v) is 10.8. The van der Waals surface area contributed by atoms with Crippen molar-refractivity contribution in [3.05, 3.63) is 42.0 Å². The van der Waals surface area contributed by atoms with Crippen molar-refractivity contribution in [3.63, 3.8) is 0 Å². The number of ether oxygens (including phenoxy) is 1. The fourth-order valence-electron chi connectivity index (χ4n) is 1.65. The average molecular weight is 265 g/mol. The molecule has 2 N–H and O–H groups in total. The highest BCUT2D eigenvalue weighted by molar-refractivity contribution is 6.69. The van der Waals surface area contributed by atoms with E-state index in [1.165, 1.54) is 0 Å². The van der Waals surface area contributed by atoms with Gasteiger partial charge in [0.25, 0.3) is 0 Å². The van der Waals surface area contributed by atoms with Crippen LogP contribution in [0.1, 0.15) is 11.3 Å². The van der Waals surface area contributed by atoms with Crippen molar-refractivity contribution in [3.8, 4) is 11.4 Å². The fraction of sp³-hybridized carbons (Fsp3) is 0.167. The minimum Gasteiger partial charge on any atom is -0.495 e. The molecule has 1 heterocycles. The van der Waals surface area contributed by atoms with Crippen molar-refractivity contribution in [2.45, 2.75) is 6.92 Å². The predicted octanol–water partition coefficient (Wildman–Crippen LogP) is 2.05. The van der Waals surface area contributed by atoms with E-state index in [2.05, 4.69) is 10.1 Å². The third kappa shape index (κ3) is 2.31. The van der Waals surface area contributed by atoms with Gasteiger partial charge in [-0.1, -0.05) is 11.6 Å². The van der Waals surface area contributed by atoms with E-state index in [1.807, 2.05) is 29.8 Å². The SMILES string of the molecule is COc1cc(/C(Cl)=N/N)ccc1-n1cnc(C)c1. The largest absolute Gasteiger partial charge is 0.495 e. The Morgan fingerprint density at radius 1 is 1.50 bits per heavy atom. The number of nitrogens with two attached hydrogens (primary N) is 1. The van der Waals surface area contributed by atoms with Gasteiger partial charge in [0.1, 0.15) is 5.75 Å². The second-order valence-electron chi connectivity index (χ2n) is 3.73. The number of halogens is 1. The number of nitrogens with zero attached hydrogens (tertiary/aromatic N) is 3. The molecule has 2 rings (SSSR count). The lowest BCUT2D eigenvalue weighted by Gasteiger charge is -2.10. The maximum atomic E-state index is 5.87. The van der Waals surface area contributed by atoms with E-state index in [0.717, 1.165) is 11.4 Å².